The fraction of sp³-hybridized carbons (Fsp3) is 0.500. The number of ether oxygens (including phenoxy) is 1. The molecule has 0 saturated carbocycles. The first-order valence-corrected chi connectivity index (χ1v) is 13.8. The van der Waals surface area contributed by atoms with E-state index in [1.807, 2.05) is 52.8 Å². The Morgan fingerprint density at radius 3 is 2.03 bits per heavy atom. The van der Waals surface area contributed by atoms with Crippen LogP contribution in [0, 0.1) is 20.8 Å². The zero-order valence-electron chi connectivity index (χ0n) is 24.5. The number of phenols is 1. The normalized spacial score (nSPS) is 13.3. The van der Waals surface area contributed by atoms with Crippen molar-refractivity contribution in [2.45, 2.75) is 92.0 Å². The number of amides is 3. The molecule has 214 valence electrons. The highest BCUT2D eigenvalue weighted by molar-refractivity contribution is 7.80. The van der Waals surface area contributed by atoms with Gasteiger partial charge in [-0.1, -0.05) is 43.3 Å². The number of anilines is 1. The van der Waals surface area contributed by atoms with Crippen LogP contribution in [0.5, 0.6) is 5.75 Å². The number of thiol groups is 1. The van der Waals surface area contributed by atoms with E-state index in [1.54, 1.807) is 45.9 Å². The zero-order chi connectivity index (χ0) is 29.7. The maximum atomic E-state index is 14.2. The van der Waals surface area contributed by atoms with Crippen molar-refractivity contribution < 1.29 is 24.2 Å². The van der Waals surface area contributed by atoms with Gasteiger partial charge >= 0.3 is 6.09 Å². The van der Waals surface area contributed by atoms with Gasteiger partial charge in [-0.15, -0.1) is 0 Å². The molecule has 39 heavy (non-hydrogen) atoms. The summed E-state index contributed by atoms with van der Waals surface area (Å²) in [4.78, 5) is 42.4. The average Bonchev–Trinajstić information content (AvgIpc) is 2.83. The third-order valence-electron chi connectivity index (χ3n) is 6.73. The van der Waals surface area contributed by atoms with E-state index >= 15 is 0 Å². The fourth-order valence-electron chi connectivity index (χ4n) is 4.25. The lowest BCUT2D eigenvalue weighted by molar-refractivity contribution is -0.147. The van der Waals surface area contributed by atoms with Crippen LogP contribution >= 0.6 is 12.6 Å². The van der Waals surface area contributed by atoms with Crippen molar-refractivity contribution in [2.75, 3.05) is 11.1 Å². The quantitative estimate of drug-likeness (QED) is 0.290. The van der Waals surface area contributed by atoms with Gasteiger partial charge in [0.2, 0.25) is 5.91 Å². The Balaban J connectivity index is 2.69. The molecule has 0 fully saturated rings. The van der Waals surface area contributed by atoms with Gasteiger partial charge in [0.1, 0.15) is 23.4 Å². The first kappa shape index (κ1) is 32.0. The maximum absolute atomic E-state index is 14.2. The van der Waals surface area contributed by atoms with Crippen molar-refractivity contribution in [2.24, 2.45) is 0 Å². The molecule has 0 aromatic heterocycles. The number of carbonyl (C=O) groups excluding carboxylic acids is 3. The molecular formula is C30H43N3O5S. The van der Waals surface area contributed by atoms with E-state index in [4.69, 9.17) is 4.74 Å². The smallest absolute Gasteiger partial charge is 0.408 e. The highest BCUT2D eigenvalue weighted by Gasteiger charge is 2.44. The van der Waals surface area contributed by atoms with E-state index in [0.29, 0.717) is 17.7 Å². The Morgan fingerprint density at radius 2 is 1.51 bits per heavy atom. The molecule has 3 amide bonds. The third kappa shape index (κ3) is 7.91. The molecule has 0 saturated heterocycles. The number of rotatable bonds is 9. The van der Waals surface area contributed by atoms with Crippen LogP contribution in [0.3, 0.4) is 0 Å². The van der Waals surface area contributed by atoms with Gasteiger partial charge in [0.15, 0.2) is 0 Å². The van der Waals surface area contributed by atoms with E-state index in [1.165, 1.54) is 4.90 Å². The van der Waals surface area contributed by atoms with Gasteiger partial charge in [0, 0.05) is 22.5 Å². The second-order valence-corrected chi connectivity index (χ2v) is 11.8. The van der Waals surface area contributed by atoms with Crippen LogP contribution < -0.4 is 10.6 Å². The van der Waals surface area contributed by atoms with E-state index in [-0.39, 0.29) is 17.1 Å². The van der Waals surface area contributed by atoms with Crippen LogP contribution in [0.1, 0.15) is 76.3 Å². The monoisotopic (exact) mass is 557 g/mol. The second-order valence-electron chi connectivity index (χ2n) is 11.4. The van der Waals surface area contributed by atoms with Crippen LogP contribution in [0.15, 0.2) is 36.4 Å². The fourth-order valence-corrected chi connectivity index (χ4v) is 4.50. The molecule has 0 heterocycles. The molecule has 8 nitrogen and oxygen atoms in total. The minimum Gasteiger partial charge on any atom is -0.507 e. The number of nitrogens with zero attached hydrogens (tertiary/aromatic N) is 1. The lowest BCUT2D eigenvalue weighted by Gasteiger charge is -2.44. The number of aromatic hydroxyl groups is 1. The molecule has 0 bridgehead atoms. The Bertz CT molecular complexity index is 1190. The Kier molecular flexibility index (Phi) is 10.5. The van der Waals surface area contributed by atoms with Crippen LogP contribution in [0.2, 0.25) is 0 Å². The topological polar surface area (TPSA) is 108 Å². The minimum atomic E-state index is -1.21. The van der Waals surface area contributed by atoms with Gasteiger partial charge in [0.05, 0.1) is 0 Å². The predicted octanol–water partition coefficient (Wildman–Crippen LogP) is 5.84. The number of aryl methyl sites for hydroxylation is 3. The average molecular weight is 558 g/mol. The number of phenolic OH excluding ortho intramolecular Hbond substituents is 1. The third-order valence-corrected chi connectivity index (χ3v) is 7.09. The summed E-state index contributed by atoms with van der Waals surface area (Å²) in [5.41, 5.74) is 1.59. The highest BCUT2D eigenvalue weighted by Crippen LogP contribution is 2.38. The van der Waals surface area contributed by atoms with E-state index in [9.17, 15) is 19.5 Å². The number of nitrogens with one attached hydrogen (secondary N) is 2. The standard InChI is InChI=1S/C30H43N3O5S/c1-10-30(8,9)33(27(36)22(17-39)31-28(37)38-29(5,6)7)24(21-16-12-15-20(4)25(21)34)26(35)32-23-18(2)13-11-14-19(23)3/h11-16,22,24,34,39H,10,17H2,1-9H3,(H,31,37)(H,32,35). The van der Waals surface area contributed by atoms with Crippen LogP contribution in [-0.4, -0.2) is 50.8 Å². The van der Waals surface area contributed by atoms with Crippen molar-refractivity contribution in [3.63, 3.8) is 0 Å². The molecule has 2 rings (SSSR count). The first-order valence-electron chi connectivity index (χ1n) is 13.1. The molecule has 0 aliphatic carbocycles. The Hall–Kier alpha value is -3.20. The van der Waals surface area contributed by atoms with E-state index in [0.717, 1.165) is 11.1 Å². The van der Waals surface area contributed by atoms with Crippen LogP contribution in [0.25, 0.3) is 0 Å². The number of hydrogen-bond donors (Lipinski definition) is 4. The van der Waals surface area contributed by atoms with Gasteiger partial charge in [-0.25, -0.2) is 4.79 Å². The minimum absolute atomic E-state index is 0.0284. The van der Waals surface area contributed by atoms with Crippen molar-refractivity contribution in [3.8, 4) is 5.75 Å². The lowest BCUT2D eigenvalue weighted by Crippen LogP contribution is -2.59. The first-order chi connectivity index (χ1) is 18.0. The summed E-state index contributed by atoms with van der Waals surface area (Å²) in [6, 6.07) is 8.49. The molecule has 2 unspecified atom stereocenters. The SMILES string of the molecule is CCC(C)(C)N(C(=O)C(CS)NC(=O)OC(C)(C)C)C(C(=O)Nc1c(C)cccc1C)c1cccc(C)c1O. The number of hydrogen-bond acceptors (Lipinski definition) is 6. The summed E-state index contributed by atoms with van der Waals surface area (Å²) in [6.07, 6.45) is -0.274. The molecule has 9 heteroatoms. The van der Waals surface area contributed by atoms with Gasteiger partial charge in [-0.05, 0) is 78.5 Å². The predicted molar refractivity (Wildman–Crippen MR) is 158 cm³/mol. The van der Waals surface area contributed by atoms with Gasteiger partial charge in [-0.2, -0.15) is 12.6 Å². The molecule has 0 aliphatic heterocycles. The number of para-hydroxylation sites is 2. The summed E-state index contributed by atoms with van der Waals surface area (Å²) in [5, 5.41) is 16.7. The molecule has 0 radical (unpaired) electrons. The van der Waals surface area contributed by atoms with E-state index < -0.39 is 41.1 Å². The molecule has 2 atom stereocenters. The van der Waals surface area contributed by atoms with Crippen molar-refractivity contribution in [1.82, 2.24) is 10.2 Å². The number of carbonyl (C=O) groups is 3. The van der Waals surface area contributed by atoms with Crippen LogP contribution in [-0.2, 0) is 14.3 Å². The Morgan fingerprint density at radius 1 is 0.974 bits per heavy atom. The molecule has 2 aromatic rings. The summed E-state index contributed by atoms with van der Waals surface area (Å²) in [5.74, 6) is -1.12. The largest absolute Gasteiger partial charge is 0.507 e. The number of benzene rings is 2. The number of alkyl carbamates (subject to hydrolysis) is 1. The zero-order valence-corrected chi connectivity index (χ0v) is 25.4. The molecule has 3 N–H and O–H groups in total. The molecule has 0 spiro atoms. The molecule has 0 aliphatic rings. The van der Waals surface area contributed by atoms with Crippen molar-refractivity contribution in [1.29, 1.82) is 0 Å². The van der Waals surface area contributed by atoms with Crippen molar-refractivity contribution >= 4 is 36.2 Å². The van der Waals surface area contributed by atoms with Gasteiger partial charge in [-0.3, -0.25) is 9.59 Å². The highest BCUT2D eigenvalue weighted by atomic mass is 32.1. The molecular weight excluding hydrogens is 514 g/mol. The summed E-state index contributed by atoms with van der Waals surface area (Å²) in [7, 11) is 0. The van der Waals surface area contributed by atoms with Crippen LogP contribution in [0.4, 0.5) is 10.5 Å². The summed E-state index contributed by atoms with van der Waals surface area (Å²) < 4.78 is 5.37. The lowest BCUT2D eigenvalue weighted by atomic mass is 9.91. The van der Waals surface area contributed by atoms with E-state index in [2.05, 4.69) is 23.3 Å². The molecule has 2 aromatic carbocycles. The summed E-state index contributed by atoms with van der Waals surface area (Å²) >= 11 is 4.34. The summed E-state index contributed by atoms with van der Waals surface area (Å²) in [6.45, 7) is 16.3. The maximum Gasteiger partial charge on any atom is 0.408 e. The Labute approximate surface area is 237 Å². The van der Waals surface area contributed by atoms with Crippen molar-refractivity contribution in [3.05, 3.63) is 58.7 Å². The second kappa shape index (κ2) is 12.8. The van der Waals surface area contributed by atoms with Gasteiger partial charge in [0.25, 0.3) is 5.91 Å². The van der Waals surface area contributed by atoms with Gasteiger partial charge < -0.3 is 25.4 Å².